The molecule has 3 aromatic heterocycles. The lowest BCUT2D eigenvalue weighted by Gasteiger charge is -2.13. The molecule has 1 amide bonds. The van der Waals surface area contributed by atoms with Crippen LogP contribution in [0.15, 0.2) is 43.1 Å². The van der Waals surface area contributed by atoms with Gasteiger partial charge in [0.15, 0.2) is 5.69 Å². The van der Waals surface area contributed by atoms with E-state index < -0.39 is 18.9 Å². The van der Waals surface area contributed by atoms with E-state index in [4.69, 9.17) is 0 Å². The van der Waals surface area contributed by atoms with Gasteiger partial charge in [0.2, 0.25) is 0 Å². The first kappa shape index (κ1) is 18.0. The van der Waals surface area contributed by atoms with Crippen molar-refractivity contribution in [2.75, 3.05) is 10.6 Å². The lowest BCUT2D eigenvalue weighted by atomic mass is 10.2. The lowest BCUT2D eigenvalue weighted by Crippen LogP contribution is -2.20. The zero-order valence-electron chi connectivity index (χ0n) is 14.7. The number of amides is 1. The van der Waals surface area contributed by atoms with Gasteiger partial charge in [0.25, 0.3) is 12.3 Å². The number of carbonyl (C=O) groups excluding carboxylic acids is 1. The summed E-state index contributed by atoms with van der Waals surface area (Å²) < 4.78 is 26.4. The molecule has 144 valence electrons. The highest BCUT2D eigenvalue weighted by Crippen LogP contribution is 2.39. The van der Waals surface area contributed by atoms with Crippen molar-refractivity contribution in [1.82, 2.24) is 24.7 Å². The summed E-state index contributed by atoms with van der Waals surface area (Å²) in [6.07, 6.45) is 5.39. The number of alkyl halides is 2. The molecule has 1 saturated carbocycles. The Bertz CT molecular complexity index is 973. The second-order valence-corrected chi connectivity index (χ2v) is 6.40. The maximum absolute atomic E-state index is 12.9. The number of rotatable bonds is 7. The first-order valence-corrected chi connectivity index (χ1v) is 8.74. The molecule has 1 aliphatic carbocycles. The average molecular weight is 385 g/mol. The summed E-state index contributed by atoms with van der Waals surface area (Å²) >= 11 is 0. The molecule has 0 bridgehead atoms. The molecule has 0 saturated heterocycles. The number of hydrogen-bond donors (Lipinski definition) is 2. The van der Waals surface area contributed by atoms with Gasteiger partial charge in [0, 0.05) is 17.7 Å². The van der Waals surface area contributed by atoms with Crippen molar-refractivity contribution in [3.8, 4) is 0 Å². The van der Waals surface area contributed by atoms with Gasteiger partial charge in [0.05, 0.1) is 30.0 Å². The third-order valence-electron chi connectivity index (χ3n) is 4.24. The topological polar surface area (TPSA) is 97.6 Å². The van der Waals surface area contributed by atoms with Crippen LogP contribution in [0.25, 0.3) is 0 Å². The van der Waals surface area contributed by atoms with E-state index in [1.54, 1.807) is 18.5 Å². The minimum absolute atomic E-state index is 0.165. The molecule has 0 aromatic carbocycles. The molecule has 8 nitrogen and oxygen atoms in total. The second-order valence-electron chi connectivity index (χ2n) is 6.40. The molecule has 0 radical (unpaired) electrons. The normalized spacial score (nSPS) is 13.5. The van der Waals surface area contributed by atoms with Crippen LogP contribution < -0.4 is 10.6 Å². The van der Waals surface area contributed by atoms with E-state index in [0.717, 1.165) is 23.2 Å². The van der Waals surface area contributed by atoms with Crippen LogP contribution in [0.3, 0.4) is 0 Å². The monoisotopic (exact) mass is 385 g/mol. The molecule has 0 spiro atoms. The van der Waals surface area contributed by atoms with E-state index in [2.05, 4.69) is 30.7 Å². The summed E-state index contributed by atoms with van der Waals surface area (Å²) in [6.45, 7) is -0.607. The summed E-state index contributed by atoms with van der Waals surface area (Å²) in [5, 5.41) is 9.51. The van der Waals surface area contributed by atoms with E-state index in [9.17, 15) is 13.6 Å². The first-order chi connectivity index (χ1) is 13.6. The predicted octanol–water partition coefficient (Wildman–Crippen LogP) is 3.21. The van der Waals surface area contributed by atoms with Crippen molar-refractivity contribution in [2.24, 2.45) is 0 Å². The quantitative estimate of drug-likeness (QED) is 0.648. The summed E-state index contributed by atoms with van der Waals surface area (Å²) in [4.78, 5) is 25.3. The molecule has 0 atom stereocenters. The number of halogens is 2. The number of nitrogens with one attached hydrogen (secondary N) is 2. The molecule has 1 fully saturated rings. The van der Waals surface area contributed by atoms with Crippen LogP contribution in [0, 0.1) is 0 Å². The molecule has 3 heterocycles. The Morgan fingerprint density at radius 1 is 1.21 bits per heavy atom. The Morgan fingerprint density at radius 3 is 2.71 bits per heavy atom. The van der Waals surface area contributed by atoms with Crippen molar-refractivity contribution in [3.05, 3.63) is 54.5 Å². The van der Waals surface area contributed by atoms with Crippen LogP contribution in [0.4, 0.5) is 26.0 Å². The molecular weight excluding hydrogens is 368 g/mol. The first-order valence-electron chi connectivity index (χ1n) is 8.74. The van der Waals surface area contributed by atoms with Gasteiger partial charge in [-0.1, -0.05) is 0 Å². The molecule has 2 N–H and O–H groups in total. The number of aromatic nitrogens is 5. The van der Waals surface area contributed by atoms with Gasteiger partial charge < -0.3 is 10.6 Å². The van der Waals surface area contributed by atoms with E-state index in [1.807, 2.05) is 6.07 Å². The number of anilines is 3. The summed E-state index contributed by atoms with van der Waals surface area (Å²) in [7, 11) is 0. The van der Waals surface area contributed by atoms with Crippen molar-refractivity contribution in [2.45, 2.75) is 31.7 Å². The maximum Gasteiger partial charge on any atom is 0.277 e. The fourth-order valence-electron chi connectivity index (χ4n) is 2.76. The number of hydrogen-bond acceptors (Lipinski definition) is 6. The van der Waals surface area contributed by atoms with Crippen molar-refractivity contribution in [1.29, 1.82) is 0 Å². The van der Waals surface area contributed by atoms with Crippen LogP contribution in [0.1, 0.15) is 34.9 Å². The Balaban J connectivity index is 1.62. The van der Waals surface area contributed by atoms with Gasteiger partial charge in [-0.05, 0) is 25.0 Å². The summed E-state index contributed by atoms with van der Waals surface area (Å²) in [5.74, 6) is 0.0146. The Labute approximate surface area is 159 Å². The molecule has 4 rings (SSSR count). The average Bonchev–Trinajstić information content (AvgIpc) is 3.45. The molecule has 28 heavy (non-hydrogen) atoms. The highest BCUT2D eigenvalue weighted by Gasteiger charge is 2.27. The van der Waals surface area contributed by atoms with Crippen molar-refractivity contribution >= 4 is 23.1 Å². The van der Waals surface area contributed by atoms with Crippen molar-refractivity contribution in [3.63, 3.8) is 0 Å². The molecule has 0 aliphatic heterocycles. The number of nitrogens with zero attached hydrogens (tertiary/aromatic N) is 5. The summed E-state index contributed by atoms with van der Waals surface area (Å²) in [5.41, 5.74) is 2.07. The van der Waals surface area contributed by atoms with Crippen LogP contribution in [-0.2, 0) is 6.54 Å². The largest absolute Gasteiger partial charge is 0.351 e. The fraction of sp³-hybridized carbons (Fsp3) is 0.278. The van der Waals surface area contributed by atoms with Crippen LogP contribution in [0.2, 0.25) is 0 Å². The van der Waals surface area contributed by atoms with Gasteiger partial charge in [-0.2, -0.15) is 5.10 Å². The van der Waals surface area contributed by atoms with Gasteiger partial charge >= 0.3 is 0 Å². The van der Waals surface area contributed by atoms with Crippen LogP contribution >= 0.6 is 0 Å². The Morgan fingerprint density at radius 2 is 2.00 bits per heavy atom. The minimum atomic E-state index is -2.58. The second kappa shape index (κ2) is 7.67. The third kappa shape index (κ3) is 4.11. The standard InChI is InChI=1S/C18H17F2N7O/c19-15(20)9-27-16(5-6-23-27)26-18(28)17-14(24-12-7-21-10-22-8-12)4-3-13(25-17)11-1-2-11/h3-8,10-11,15,24H,1-2,9H2,(H,26,28). The highest BCUT2D eigenvalue weighted by atomic mass is 19.3. The Hall–Kier alpha value is -3.43. The zero-order valence-corrected chi connectivity index (χ0v) is 14.7. The van der Waals surface area contributed by atoms with E-state index in [1.165, 1.54) is 18.6 Å². The van der Waals surface area contributed by atoms with Gasteiger partial charge in [-0.25, -0.2) is 28.4 Å². The molecule has 0 unspecified atom stereocenters. The molecular formula is C18H17F2N7O. The fourth-order valence-corrected chi connectivity index (χ4v) is 2.76. The summed E-state index contributed by atoms with van der Waals surface area (Å²) in [6, 6.07) is 5.11. The van der Waals surface area contributed by atoms with Crippen LogP contribution in [0.5, 0.6) is 0 Å². The minimum Gasteiger partial charge on any atom is -0.351 e. The molecule has 10 heteroatoms. The predicted molar refractivity (Wildman–Crippen MR) is 97.7 cm³/mol. The third-order valence-corrected chi connectivity index (χ3v) is 4.24. The smallest absolute Gasteiger partial charge is 0.277 e. The van der Waals surface area contributed by atoms with Gasteiger partial charge in [0.1, 0.15) is 18.7 Å². The van der Waals surface area contributed by atoms with Gasteiger partial charge in [-0.15, -0.1) is 0 Å². The molecule has 3 aromatic rings. The highest BCUT2D eigenvalue weighted by molar-refractivity contribution is 6.06. The van der Waals surface area contributed by atoms with Gasteiger partial charge in [-0.3, -0.25) is 4.79 Å². The zero-order chi connectivity index (χ0) is 19.5. The van der Waals surface area contributed by atoms with Crippen molar-refractivity contribution < 1.29 is 13.6 Å². The van der Waals surface area contributed by atoms with E-state index >= 15 is 0 Å². The van der Waals surface area contributed by atoms with E-state index in [-0.39, 0.29) is 11.5 Å². The van der Waals surface area contributed by atoms with E-state index in [0.29, 0.717) is 17.3 Å². The lowest BCUT2D eigenvalue weighted by molar-refractivity contribution is 0.101. The Kier molecular flexibility index (Phi) is 4.92. The maximum atomic E-state index is 12.9. The SMILES string of the molecule is O=C(Nc1ccnn1CC(F)F)c1nc(C2CC2)ccc1Nc1cncnc1. The van der Waals surface area contributed by atoms with Crippen LogP contribution in [-0.4, -0.2) is 37.1 Å². The number of carbonyl (C=O) groups is 1. The number of pyridine rings is 1. The molecule has 1 aliphatic rings.